The minimum atomic E-state index is -0.491. The van der Waals surface area contributed by atoms with Crippen molar-refractivity contribution in [1.29, 1.82) is 0 Å². The van der Waals surface area contributed by atoms with Gasteiger partial charge in [-0.25, -0.2) is 0 Å². The van der Waals surface area contributed by atoms with Crippen molar-refractivity contribution >= 4 is 39.0 Å². The Morgan fingerprint density at radius 1 is 0.367 bits per heavy atom. The first kappa shape index (κ1) is 33.5. The molecule has 3 aliphatic rings. The van der Waals surface area contributed by atoms with E-state index in [2.05, 4.69) is 219 Å². The van der Waals surface area contributed by atoms with Crippen LogP contribution in [0.5, 0.6) is 0 Å². The Morgan fingerprint density at radius 3 is 1.72 bits per heavy atom. The molecule has 282 valence electrons. The van der Waals surface area contributed by atoms with Gasteiger partial charge in [0, 0.05) is 38.8 Å². The molecule has 0 amide bonds. The van der Waals surface area contributed by atoms with Crippen molar-refractivity contribution in [3.8, 4) is 44.5 Å². The number of rotatable bonds is 4. The second kappa shape index (κ2) is 12.1. The molecular formula is C58H39NO. The third kappa shape index (κ3) is 4.32. The number of para-hydroxylation sites is 1. The summed E-state index contributed by atoms with van der Waals surface area (Å²) in [5.74, 6) is 0. The Morgan fingerprint density at radius 2 is 0.917 bits per heavy atom. The lowest BCUT2D eigenvalue weighted by Gasteiger charge is -2.31. The highest BCUT2D eigenvalue weighted by atomic mass is 16.3. The van der Waals surface area contributed by atoms with E-state index in [0.29, 0.717) is 0 Å². The zero-order valence-corrected chi connectivity index (χ0v) is 33.4. The minimum absolute atomic E-state index is 0.122. The fourth-order valence-corrected chi connectivity index (χ4v) is 11.2. The molecule has 1 atom stereocenters. The normalized spacial score (nSPS) is 16.0. The van der Waals surface area contributed by atoms with Crippen LogP contribution in [0.15, 0.2) is 205 Å². The van der Waals surface area contributed by atoms with Gasteiger partial charge < -0.3 is 9.32 Å². The van der Waals surface area contributed by atoms with Crippen molar-refractivity contribution in [2.45, 2.75) is 24.7 Å². The summed E-state index contributed by atoms with van der Waals surface area (Å²) in [5.41, 5.74) is 22.6. The number of hydrogen-bond donors (Lipinski definition) is 0. The number of anilines is 3. The largest absolute Gasteiger partial charge is 0.455 e. The topological polar surface area (TPSA) is 16.4 Å². The molecule has 0 aliphatic heterocycles. The quantitative estimate of drug-likeness (QED) is 0.177. The molecule has 13 rings (SSSR count). The molecule has 0 fully saturated rings. The molecule has 0 saturated carbocycles. The first-order valence-electron chi connectivity index (χ1n) is 21.0. The van der Waals surface area contributed by atoms with E-state index in [9.17, 15) is 0 Å². The smallest absolute Gasteiger partial charge is 0.143 e. The highest BCUT2D eigenvalue weighted by molar-refractivity contribution is 6.13. The summed E-state index contributed by atoms with van der Waals surface area (Å²) in [6, 6.07) is 74.1. The van der Waals surface area contributed by atoms with Crippen LogP contribution < -0.4 is 4.90 Å². The Kier molecular flexibility index (Phi) is 6.74. The molecule has 0 N–H and O–H groups in total. The highest BCUT2D eigenvalue weighted by Crippen LogP contribution is 2.64. The van der Waals surface area contributed by atoms with E-state index in [4.69, 9.17) is 4.42 Å². The van der Waals surface area contributed by atoms with E-state index < -0.39 is 5.41 Å². The van der Waals surface area contributed by atoms with Gasteiger partial charge in [-0.2, -0.15) is 0 Å². The Hall–Kier alpha value is -7.42. The first-order valence-corrected chi connectivity index (χ1v) is 21.0. The molecular weight excluding hydrogens is 727 g/mol. The van der Waals surface area contributed by atoms with E-state index >= 15 is 0 Å². The zero-order valence-electron chi connectivity index (χ0n) is 33.4. The monoisotopic (exact) mass is 765 g/mol. The van der Waals surface area contributed by atoms with E-state index in [1.54, 1.807) is 0 Å². The van der Waals surface area contributed by atoms with Crippen molar-refractivity contribution in [3.05, 3.63) is 234 Å². The molecule has 2 heteroatoms. The van der Waals surface area contributed by atoms with Gasteiger partial charge in [0.25, 0.3) is 0 Å². The highest BCUT2D eigenvalue weighted by Gasteiger charge is 2.52. The second-order valence-electron chi connectivity index (χ2n) is 17.2. The predicted molar refractivity (Wildman–Crippen MR) is 248 cm³/mol. The first-order chi connectivity index (χ1) is 29.5. The zero-order chi connectivity index (χ0) is 39.7. The third-order valence-corrected chi connectivity index (χ3v) is 13.9. The maximum Gasteiger partial charge on any atom is 0.143 e. The van der Waals surface area contributed by atoms with Gasteiger partial charge in [0.1, 0.15) is 11.2 Å². The average Bonchev–Trinajstić information content (AvgIpc) is 3.99. The van der Waals surface area contributed by atoms with Crippen molar-refractivity contribution in [3.63, 3.8) is 0 Å². The summed E-state index contributed by atoms with van der Waals surface area (Å²) >= 11 is 0. The molecule has 1 spiro atoms. The summed E-state index contributed by atoms with van der Waals surface area (Å²) in [5, 5.41) is 2.31. The van der Waals surface area contributed by atoms with Crippen LogP contribution in [0.1, 0.15) is 47.2 Å². The van der Waals surface area contributed by atoms with Crippen molar-refractivity contribution in [1.82, 2.24) is 0 Å². The van der Waals surface area contributed by atoms with Gasteiger partial charge in [-0.15, -0.1) is 0 Å². The van der Waals surface area contributed by atoms with Gasteiger partial charge in [-0.05, 0) is 115 Å². The van der Waals surface area contributed by atoms with Crippen LogP contribution in [0.25, 0.3) is 66.4 Å². The lowest BCUT2D eigenvalue weighted by atomic mass is 9.70. The summed E-state index contributed by atoms with van der Waals surface area (Å²) in [6.45, 7) is 4.73. The summed E-state index contributed by atoms with van der Waals surface area (Å²) in [4.78, 5) is 2.45. The fraction of sp³-hybridized carbons (Fsp3) is 0.0690. The van der Waals surface area contributed by atoms with Crippen LogP contribution in [-0.4, -0.2) is 0 Å². The van der Waals surface area contributed by atoms with Gasteiger partial charge in [-0.3, -0.25) is 0 Å². The predicted octanol–water partition coefficient (Wildman–Crippen LogP) is 15.4. The molecule has 0 radical (unpaired) electrons. The molecule has 3 aliphatic carbocycles. The molecule has 2 nitrogen and oxygen atoms in total. The number of fused-ring (bicyclic) bond motifs is 17. The average molecular weight is 766 g/mol. The Balaban J connectivity index is 1.04. The van der Waals surface area contributed by atoms with E-state index in [1.165, 1.54) is 77.9 Å². The van der Waals surface area contributed by atoms with Gasteiger partial charge in [0.15, 0.2) is 0 Å². The number of hydrogen-bond acceptors (Lipinski definition) is 2. The molecule has 1 unspecified atom stereocenters. The van der Waals surface area contributed by atoms with Crippen molar-refractivity contribution < 1.29 is 4.42 Å². The number of nitrogens with zero attached hydrogens (tertiary/aromatic N) is 1. The Bertz CT molecular complexity index is 3410. The lowest BCUT2D eigenvalue weighted by Crippen LogP contribution is -2.25. The molecule has 1 aromatic heterocycles. The fourth-order valence-electron chi connectivity index (χ4n) is 11.2. The van der Waals surface area contributed by atoms with E-state index in [0.717, 1.165) is 39.0 Å². The van der Waals surface area contributed by atoms with Crippen LogP contribution in [0.4, 0.5) is 17.1 Å². The molecule has 0 saturated heterocycles. The van der Waals surface area contributed by atoms with Crippen molar-refractivity contribution in [2.24, 2.45) is 0 Å². The van der Waals surface area contributed by atoms with Crippen LogP contribution in [-0.2, 0) is 10.8 Å². The van der Waals surface area contributed by atoms with Gasteiger partial charge in [0.2, 0.25) is 0 Å². The van der Waals surface area contributed by atoms with Crippen LogP contribution in [0.3, 0.4) is 0 Å². The lowest BCUT2D eigenvalue weighted by molar-refractivity contribution is 0.660. The third-order valence-electron chi connectivity index (χ3n) is 13.9. The van der Waals surface area contributed by atoms with Gasteiger partial charge in [-0.1, -0.05) is 172 Å². The SMILES string of the molecule is CC1(C)c2ccccc2-c2ccc(N(c3ccc(-c4ccccc4)cc3)c3ccc4c(c3)-c3ccccc3C43c4ccccc4-c4c3ccc3c4oc4ccccc43)cc21. The molecule has 10 aromatic rings. The number of benzene rings is 9. The molecule has 1 heterocycles. The molecule has 60 heavy (non-hydrogen) atoms. The summed E-state index contributed by atoms with van der Waals surface area (Å²) < 4.78 is 6.78. The second-order valence-corrected chi connectivity index (χ2v) is 17.2. The summed E-state index contributed by atoms with van der Waals surface area (Å²) in [6.07, 6.45) is 0. The van der Waals surface area contributed by atoms with Crippen LogP contribution >= 0.6 is 0 Å². The van der Waals surface area contributed by atoms with E-state index in [-0.39, 0.29) is 5.41 Å². The molecule has 9 aromatic carbocycles. The minimum Gasteiger partial charge on any atom is -0.455 e. The van der Waals surface area contributed by atoms with Crippen LogP contribution in [0.2, 0.25) is 0 Å². The van der Waals surface area contributed by atoms with Gasteiger partial charge in [0.05, 0.1) is 5.41 Å². The maximum absolute atomic E-state index is 6.78. The van der Waals surface area contributed by atoms with E-state index in [1.807, 2.05) is 0 Å². The standard InChI is InChI=1S/C58H39NO/c1-57(2)48-20-10-6-16-41(48)43-30-28-40(35-53(43)57)59(38-26-24-37(25-27-38)36-14-4-3-5-15-36)39-29-32-51-47(34-39)42-17-7-11-21-49(42)58(51)50-22-12-8-19-46(50)55-52(58)33-31-45-44-18-9-13-23-54(44)60-56(45)55/h3-35H,1-2H3. The van der Waals surface area contributed by atoms with Gasteiger partial charge >= 0.3 is 0 Å². The number of furan rings is 1. The Labute approximate surface area is 349 Å². The van der Waals surface area contributed by atoms with Crippen molar-refractivity contribution in [2.75, 3.05) is 4.90 Å². The van der Waals surface area contributed by atoms with Crippen LogP contribution in [0, 0.1) is 0 Å². The maximum atomic E-state index is 6.78. The summed E-state index contributed by atoms with van der Waals surface area (Å²) in [7, 11) is 0. The molecule has 0 bridgehead atoms.